The molecule has 1 aromatic heterocycles. The number of anilines is 1. The van der Waals surface area contributed by atoms with E-state index in [0.717, 1.165) is 22.3 Å². The fraction of sp³-hybridized carbons (Fsp3) is 0. The van der Waals surface area contributed by atoms with Gasteiger partial charge in [-0.15, -0.1) is 0 Å². The maximum Gasteiger partial charge on any atom is 0.255 e. The minimum absolute atomic E-state index is 0.220. The third-order valence-electron chi connectivity index (χ3n) is 4.89. The lowest BCUT2D eigenvalue weighted by Gasteiger charge is -2.11. The molecule has 5 nitrogen and oxygen atoms in total. The summed E-state index contributed by atoms with van der Waals surface area (Å²) in [6.45, 7) is 0. The average molecular weight is 405 g/mol. The Kier molecular flexibility index (Phi) is 4.91. The molecule has 5 rings (SSSR count). The number of hydrogen-bond donors (Lipinski definition) is 2. The van der Waals surface area contributed by atoms with E-state index < -0.39 is 0 Å². The van der Waals surface area contributed by atoms with Crippen molar-refractivity contribution in [3.8, 4) is 22.9 Å². The summed E-state index contributed by atoms with van der Waals surface area (Å²) >= 11 is 0. The van der Waals surface area contributed by atoms with Crippen LogP contribution in [-0.4, -0.2) is 15.9 Å². The number of aromatic amines is 1. The number of aromatic nitrogens is 2. The molecule has 0 unspecified atom stereocenters. The largest absolute Gasteiger partial charge is 0.457 e. The third kappa shape index (κ3) is 4.02. The quantitative estimate of drug-likeness (QED) is 0.362. The van der Waals surface area contributed by atoms with Crippen molar-refractivity contribution in [3.63, 3.8) is 0 Å². The summed E-state index contributed by atoms with van der Waals surface area (Å²) in [5.41, 5.74) is 3.84. The van der Waals surface area contributed by atoms with Crippen molar-refractivity contribution < 1.29 is 9.53 Å². The van der Waals surface area contributed by atoms with Gasteiger partial charge in [0.05, 0.1) is 16.7 Å². The minimum Gasteiger partial charge on any atom is -0.457 e. The molecule has 5 aromatic rings. The number of imidazole rings is 1. The Morgan fingerprint density at radius 3 is 2.39 bits per heavy atom. The molecule has 2 N–H and O–H groups in total. The van der Waals surface area contributed by atoms with Gasteiger partial charge in [0.2, 0.25) is 0 Å². The molecular formula is C26H19N3O2. The normalized spacial score (nSPS) is 10.7. The molecule has 0 spiro atoms. The first kappa shape index (κ1) is 18.6. The SMILES string of the molecule is O=C(Nc1ccccc1-c1nc2ccccc2[nH]1)c1cccc(Oc2ccccc2)c1. The lowest BCUT2D eigenvalue weighted by Crippen LogP contribution is -2.12. The number of hydrogen-bond acceptors (Lipinski definition) is 3. The average Bonchev–Trinajstić information content (AvgIpc) is 3.24. The molecule has 150 valence electrons. The van der Waals surface area contributed by atoms with E-state index in [1.165, 1.54) is 0 Å². The molecule has 0 bridgehead atoms. The smallest absolute Gasteiger partial charge is 0.255 e. The van der Waals surface area contributed by atoms with Gasteiger partial charge >= 0.3 is 0 Å². The molecule has 0 saturated carbocycles. The van der Waals surface area contributed by atoms with Gasteiger partial charge in [-0.1, -0.05) is 48.5 Å². The topological polar surface area (TPSA) is 67.0 Å². The van der Waals surface area contributed by atoms with Gasteiger partial charge in [-0.2, -0.15) is 0 Å². The van der Waals surface area contributed by atoms with Crippen LogP contribution in [0.2, 0.25) is 0 Å². The Bertz CT molecular complexity index is 1330. The molecule has 4 aromatic carbocycles. The predicted molar refractivity (Wildman–Crippen MR) is 122 cm³/mol. The number of carbonyl (C=O) groups excluding carboxylic acids is 1. The van der Waals surface area contributed by atoms with Crippen LogP contribution in [0.25, 0.3) is 22.4 Å². The maximum absolute atomic E-state index is 13.0. The van der Waals surface area contributed by atoms with Gasteiger partial charge in [0.25, 0.3) is 5.91 Å². The van der Waals surface area contributed by atoms with Gasteiger partial charge in [-0.05, 0) is 54.6 Å². The Morgan fingerprint density at radius 1 is 0.774 bits per heavy atom. The Labute approximate surface area is 179 Å². The first-order valence-electron chi connectivity index (χ1n) is 9.95. The molecule has 5 heteroatoms. The molecule has 0 fully saturated rings. The van der Waals surface area contributed by atoms with Crippen LogP contribution >= 0.6 is 0 Å². The highest BCUT2D eigenvalue weighted by Gasteiger charge is 2.13. The number of amides is 1. The molecule has 0 aliphatic carbocycles. The Balaban J connectivity index is 1.41. The van der Waals surface area contributed by atoms with E-state index in [2.05, 4.69) is 15.3 Å². The Hall–Kier alpha value is -4.38. The van der Waals surface area contributed by atoms with Gasteiger partial charge in [-0.3, -0.25) is 4.79 Å². The number of carbonyl (C=O) groups is 1. The van der Waals surface area contributed by atoms with Gasteiger partial charge in [0, 0.05) is 11.1 Å². The van der Waals surface area contributed by atoms with E-state index >= 15 is 0 Å². The highest BCUT2D eigenvalue weighted by Crippen LogP contribution is 2.28. The number of benzene rings is 4. The highest BCUT2D eigenvalue weighted by atomic mass is 16.5. The van der Waals surface area contributed by atoms with E-state index in [-0.39, 0.29) is 5.91 Å². The summed E-state index contributed by atoms with van der Waals surface area (Å²) in [6.07, 6.45) is 0. The Morgan fingerprint density at radius 2 is 1.52 bits per heavy atom. The molecule has 0 atom stereocenters. The van der Waals surface area contributed by atoms with Crippen LogP contribution in [0.15, 0.2) is 103 Å². The zero-order chi connectivity index (χ0) is 21.0. The number of nitrogens with one attached hydrogen (secondary N) is 2. The van der Waals surface area contributed by atoms with Crippen molar-refractivity contribution in [2.24, 2.45) is 0 Å². The van der Waals surface area contributed by atoms with Crippen molar-refractivity contribution in [1.29, 1.82) is 0 Å². The lowest BCUT2D eigenvalue weighted by atomic mass is 10.1. The van der Waals surface area contributed by atoms with Crippen LogP contribution in [0, 0.1) is 0 Å². The van der Waals surface area contributed by atoms with Crippen LogP contribution in [0.1, 0.15) is 10.4 Å². The number of rotatable bonds is 5. The molecule has 0 saturated heterocycles. The summed E-state index contributed by atoms with van der Waals surface area (Å²) in [5.74, 6) is 1.81. The summed E-state index contributed by atoms with van der Waals surface area (Å²) in [7, 11) is 0. The van der Waals surface area contributed by atoms with Crippen LogP contribution in [0.4, 0.5) is 5.69 Å². The van der Waals surface area contributed by atoms with E-state index in [1.807, 2.05) is 84.9 Å². The van der Waals surface area contributed by atoms with Crippen molar-refractivity contribution in [1.82, 2.24) is 9.97 Å². The van der Waals surface area contributed by atoms with E-state index in [1.54, 1.807) is 18.2 Å². The van der Waals surface area contributed by atoms with Gasteiger partial charge in [0.1, 0.15) is 17.3 Å². The van der Waals surface area contributed by atoms with Crippen LogP contribution in [-0.2, 0) is 0 Å². The van der Waals surface area contributed by atoms with E-state index in [4.69, 9.17) is 4.74 Å². The highest BCUT2D eigenvalue weighted by molar-refractivity contribution is 6.06. The van der Waals surface area contributed by atoms with Crippen molar-refractivity contribution in [2.45, 2.75) is 0 Å². The summed E-state index contributed by atoms with van der Waals surface area (Å²) in [5, 5.41) is 3.01. The van der Waals surface area contributed by atoms with Crippen molar-refractivity contribution in [2.75, 3.05) is 5.32 Å². The number of para-hydroxylation sites is 4. The van der Waals surface area contributed by atoms with E-state index in [0.29, 0.717) is 22.8 Å². The van der Waals surface area contributed by atoms with Gasteiger partial charge in [0.15, 0.2) is 0 Å². The monoisotopic (exact) mass is 405 g/mol. The second kappa shape index (κ2) is 8.16. The number of fused-ring (bicyclic) bond motifs is 1. The molecule has 0 radical (unpaired) electrons. The van der Waals surface area contributed by atoms with Gasteiger partial charge < -0.3 is 15.0 Å². The summed E-state index contributed by atoms with van der Waals surface area (Å²) in [6, 6.07) is 32.0. The zero-order valence-corrected chi connectivity index (χ0v) is 16.6. The van der Waals surface area contributed by atoms with Crippen LogP contribution < -0.4 is 10.1 Å². The molecule has 1 heterocycles. The summed E-state index contributed by atoms with van der Waals surface area (Å²) in [4.78, 5) is 21.0. The first-order chi connectivity index (χ1) is 15.3. The molecule has 0 aliphatic heterocycles. The molecule has 1 amide bonds. The molecule has 0 aliphatic rings. The zero-order valence-electron chi connectivity index (χ0n) is 16.6. The summed E-state index contributed by atoms with van der Waals surface area (Å²) < 4.78 is 5.85. The number of ether oxygens (including phenoxy) is 1. The van der Waals surface area contributed by atoms with E-state index in [9.17, 15) is 4.79 Å². The van der Waals surface area contributed by atoms with Gasteiger partial charge in [-0.25, -0.2) is 4.98 Å². The van der Waals surface area contributed by atoms with Crippen LogP contribution in [0.5, 0.6) is 11.5 Å². The van der Waals surface area contributed by atoms with Crippen molar-refractivity contribution in [3.05, 3.63) is 109 Å². The minimum atomic E-state index is -0.220. The molecular weight excluding hydrogens is 386 g/mol. The van der Waals surface area contributed by atoms with Crippen LogP contribution in [0.3, 0.4) is 0 Å². The van der Waals surface area contributed by atoms with Crippen molar-refractivity contribution >= 4 is 22.6 Å². The lowest BCUT2D eigenvalue weighted by molar-refractivity contribution is 0.102. The first-order valence-corrected chi connectivity index (χ1v) is 9.95. The fourth-order valence-corrected chi connectivity index (χ4v) is 3.40. The standard InChI is InChI=1S/C26H19N3O2/c30-26(18-9-8-12-20(17-18)31-19-10-2-1-3-11-19)29-22-14-5-4-13-21(22)25-27-23-15-6-7-16-24(23)28-25/h1-17H,(H,27,28)(H,29,30). The number of nitrogens with zero attached hydrogens (tertiary/aromatic N) is 1. The second-order valence-electron chi connectivity index (χ2n) is 7.05. The predicted octanol–water partition coefficient (Wildman–Crippen LogP) is 6.27. The fourth-order valence-electron chi connectivity index (χ4n) is 3.40. The molecule has 31 heavy (non-hydrogen) atoms. The third-order valence-corrected chi connectivity index (χ3v) is 4.89. The number of H-pyrrole nitrogens is 1. The second-order valence-corrected chi connectivity index (χ2v) is 7.05. The maximum atomic E-state index is 13.0.